The van der Waals surface area contributed by atoms with E-state index in [1.165, 1.54) is 31.4 Å². The number of benzene rings is 1. The van der Waals surface area contributed by atoms with Gasteiger partial charge in [-0.1, -0.05) is 19.1 Å². The maximum Gasteiger partial charge on any atom is 0.335 e. The number of carboxylic acid groups (broad SMARTS) is 1. The van der Waals surface area contributed by atoms with Gasteiger partial charge in [0.2, 0.25) is 0 Å². The Morgan fingerprint density at radius 3 is 2.12 bits per heavy atom. The van der Waals surface area contributed by atoms with E-state index in [2.05, 4.69) is 0 Å². The fraction of sp³-hybridized carbons (Fsp3) is 0.333. The minimum Gasteiger partial charge on any atom is -0.478 e. The highest BCUT2D eigenvalue weighted by molar-refractivity contribution is 6.00. The van der Waals surface area contributed by atoms with Gasteiger partial charge in [0, 0.05) is 12.7 Å². The first-order valence-corrected chi connectivity index (χ1v) is 5.00. The average Bonchev–Trinajstić information content (AvgIpc) is 2.30. The van der Waals surface area contributed by atoms with E-state index in [1.54, 1.807) is 0 Å². The highest BCUT2D eigenvalue weighted by Crippen LogP contribution is 2.10. The van der Waals surface area contributed by atoms with Gasteiger partial charge in [-0.15, -0.1) is 0 Å². The summed E-state index contributed by atoms with van der Waals surface area (Å²) in [5.74, 6) is -1.13. The van der Waals surface area contributed by atoms with Crippen LogP contribution in [0.5, 0.6) is 0 Å². The molecule has 4 nitrogen and oxygen atoms in total. The summed E-state index contributed by atoms with van der Waals surface area (Å²) in [6.45, 7) is 1.86. The Labute approximate surface area is 93.9 Å². The van der Waals surface area contributed by atoms with Gasteiger partial charge in [0.15, 0.2) is 5.78 Å². The predicted molar refractivity (Wildman–Crippen MR) is 58.8 cm³/mol. The lowest BCUT2D eigenvalue weighted by molar-refractivity contribution is 0.0594. The van der Waals surface area contributed by atoms with Crippen LogP contribution in [-0.2, 0) is 4.74 Å². The molecule has 1 aromatic rings. The lowest BCUT2D eigenvalue weighted by Gasteiger charge is -2.11. The van der Waals surface area contributed by atoms with Crippen molar-refractivity contribution in [1.29, 1.82) is 0 Å². The largest absolute Gasteiger partial charge is 0.478 e. The van der Waals surface area contributed by atoms with E-state index in [-0.39, 0.29) is 11.3 Å². The van der Waals surface area contributed by atoms with Gasteiger partial charge in [0.1, 0.15) is 6.10 Å². The molecule has 1 aromatic carbocycles. The molecular weight excluding hydrogens is 208 g/mol. The van der Waals surface area contributed by atoms with Gasteiger partial charge in [0.05, 0.1) is 5.56 Å². The Morgan fingerprint density at radius 1 is 1.25 bits per heavy atom. The smallest absolute Gasteiger partial charge is 0.335 e. The van der Waals surface area contributed by atoms with Crippen molar-refractivity contribution in [2.45, 2.75) is 19.4 Å². The topological polar surface area (TPSA) is 63.6 Å². The first-order valence-electron chi connectivity index (χ1n) is 5.00. The molecule has 0 aromatic heterocycles. The van der Waals surface area contributed by atoms with E-state index < -0.39 is 12.1 Å². The minimum absolute atomic E-state index is 0.123. The summed E-state index contributed by atoms with van der Waals surface area (Å²) in [7, 11) is 1.48. The number of hydrogen-bond acceptors (Lipinski definition) is 3. The van der Waals surface area contributed by atoms with Crippen LogP contribution in [0, 0.1) is 0 Å². The van der Waals surface area contributed by atoms with Crippen molar-refractivity contribution in [3.05, 3.63) is 35.4 Å². The molecule has 16 heavy (non-hydrogen) atoms. The fourth-order valence-corrected chi connectivity index (χ4v) is 1.42. The SMILES string of the molecule is CCC(OC)C(=O)c1ccc(C(=O)O)cc1. The summed E-state index contributed by atoms with van der Waals surface area (Å²) in [6.07, 6.45) is 0.131. The second kappa shape index (κ2) is 5.42. The average molecular weight is 222 g/mol. The van der Waals surface area contributed by atoms with Crippen LogP contribution >= 0.6 is 0 Å². The van der Waals surface area contributed by atoms with Crippen LogP contribution in [0.3, 0.4) is 0 Å². The summed E-state index contributed by atoms with van der Waals surface area (Å²) in [5.41, 5.74) is 0.640. The summed E-state index contributed by atoms with van der Waals surface area (Å²) in [4.78, 5) is 22.4. The number of carboxylic acids is 1. The molecule has 86 valence electrons. The van der Waals surface area contributed by atoms with Gasteiger partial charge < -0.3 is 9.84 Å². The number of hydrogen-bond donors (Lipinski definition) is 1. The van der Waals surface area contributed by atoms with Crippen LogP contribution in [0.25, 0.3) is 0 Å². The quantitative estimate of drug-likeness (QED) is 0.774. The van der Waals surface area contributed by atoms with Gasteiger partial charge in [-0.25, -0.2) is 4.79 Å². The lowest BCUT2D eigenvalue weighted by atomic mass is 10.0. The molecule has 4 heteroatoms. The maximum absolute atomic E-state index is 11.8. The molecule has 0 aliphatic heterocycles. The monoisotopic (exact) mass is 222 g/mol. The van der Waals surface area contributed by atoms with E-state index in [4.69, 9.17) is 9.84 Å². The zero-order valence-corrected chi connectivity index (χ0v) is 9.27. The molecule has 0 saturated carbocycles. The number of rotatable bonds is 5. The molecule has 1 unspecified atom stereocenters. The summed E-state index contributed by atoms with van der Waals surface area (Å²) in [6, 6.07) is 5.84. The molecule has 1 atom stereocenters. The first kappa shape index (κ1) is 12.4. The third kappa shape index (κ3) is 2.67. The normalized spacial score (nSPS) is 12.1. The van der Waals surface area contributed by atoms with E-state index >= 15 is 0 Å². The Morgan fingerprint density at radius 2 is 1.75 bits per heavy atom. The molecule has 0 saturated heterocycles. The maximum atomic E-state index is 11.8. The molecular formula is C12H14O4. The van der Waals surface area contributed by atoms with Gasteiger partial charge in [-0.3, -0.25) is 4.79 Å². The minimum atomic E-state index is -1.00. The van der Waals surface area contributed by atoms with Gasteiger partial charge in [-0.2, -0.15) is 0 Å². The Hall–Kier alpha value is -1.68. The Balaban J connectivity index is 2.89. The van der Waals surface area contributed by atoms with Crippen LogP contribution in [0.15, 0.2) is 24.3 Å². The number of carbonyl (C=O) groups excluding carboxylic acids is 1. The molecule has 0 amide bonds. The van der Waals surface area contributed by atoms with E-state index in [1.807, 2.05) is 6.92 Å². The van der Waals surface area contributed by atoms with Crippen LogP contribution < -0.4 is 0 Å². The van der Waals surface area contributed by atoms with Crippen LogP contribution in [-0.4, -0.2) is 30.1 Å². The van der Waals surface area contributed by atoms with Crippen LogP contribution in [0.4, 0.5) is 0 Å². The number of carbonyl (C=O) groups is 2. The molecule has 0 spiro atoms. The van der Waals surface area contributed by atoms with Crippen molar-refractivity contribution in [2.24, 2.45) is 0 Å². The standard InChI is InChI=1S/C12H14O4/c1-3-10(16-2)11(13)8-4-6-9(7-5-8)12(14)15/h4-7,10H,3H2,1-2H3,(H,14,15). The van der Waals surface area contributed by atoms with Crippen LogP contribution in [0.2, 0.25) is 0 Å². The van der Waals surface area contributed by atoms with Gasteiger partial charge in [0.25, 0.3) is 0 Å². The molecule has 0 fully saturated rings. The molecule has 0 bridgehead atoms. The molecule has 0 aliphatic carbocycles. The number of ketones is 1. The van der Waals surface area contributed by atoms with Crippen molar-refractivity contribution in [1.82, 2.24) is 0 Å². The molecule has 0 radical (unpaired) electrons. The van der Waals surface area contributed by atoms with Crippen molar-refractivity contribution in [3.63, 3.8) is 0 Å². The summed E-state index contributed by atoms with van der Waals surface area (Å²) < 4.78 is 5.03. The lowest BCUT2D eigenvalue weighted by Crippen LogP contribution is -2.22. The second-order valence-electron chi connectivity index (χ2n) is 3.38. The third-order valence-corrected chi connectivity index (χ3v) is 2.36. The number of aromatic carboxylic acids is 1. The van der Waals surface area contributed by atoms with Crippen molar-refractivity contribution >= 4 is 11.8 Å². The van der Waals surface area contributed by atoms with Gasteiger partial charge >= 0.3 is 5.97 Å². The number of ether oxygens (including phenoxy) is 1. The van der Waals surface area contributed by atoms with Crippen molar-refractivity contribution in [2.75, 3.05) is 7.11 Å². The van der Waals surface area contributed by atoms with E-state index in [9.17, 15) is 9.59 Å². The summed E-state index contributed by atoms with van der Waals surface area (Å²) >= 11 is 0. The van der Waals surface area contributed by atoms with E-state index in [0.29, 0.717) is 12.0 Å². The van der Waals surface area contributed by atoms with Crippen molar-refractivity contribution < 1.29 is 19.4 Å². The zero-order valence-electron chi connectivity index (χ0n) is 9.27. The van der Waals surface area contributed by atoms with Crippen LogP contribution in [0.1, 0.15) is 34.1 Å². The predicted octanol–water partition coefficient (Wildman–Crippen LogP) is 1.99. The Kier molecular flexibility index (Phi) is 4.19. The molecule has 0 heterocycles. The number of Topliss-reactive ketones (excluding diaryl/α,β-unsaturated/α-hetero) is 1. The molecule has 1 N–H and O–H groups in total. The molecule has 1 rings (SSSR count). The number of methoxy groups -OCH3 is 1. The third-order valence-electron chi connectivity index (χ3n) is 2.36. The zero-order chi connectivity index (χ0) is 12.1. The highest BCUT2D eigenvalue weighted by atomic mass is 16.5. The highest BCUT2D eigenvalue weighted by Gasteiger charge is 2.17. The fourth-order valence-electron chi connectivity index (χ4n) is 1.42. The van der Waals surface area contributed by atoms with Crippen molar-refractivity contribution in [3.8, 4) is 0 Å². The summed E-state index contributed by atoms with van der Waals surface area (Å²) in [5, 5.41) is 8.71. The van der Waals surface area contributed by atoms with E-state index in [0.717, 1.165) is 0 Å². The first-order chi connectivity index (χ1) is 7.60. The molecule has 0 aliphatic rings. The Bertz CT molecular complexity index is 377. The van der Waals surface area contributed by atoms with Gasteiger partial charge in [-0.05, 0) is 18.6 Å². The second-order valence-corrected chi connectivity index (χ2v) is 3.38.